The Morgan fingerprint density at radius 1 is 1.22 bits per heavy atom. The first-order valence-corrected chi connectivity index (χ1v) is 5.69. The first-order valence-electron chi connectivity index (χ1n) is 5.69. The summed E-state index contributed by atoms with van der Waals surface area (Å²) in [7, 11) is -0.678. The smallest absolute Gasteiger partial charge is 0.398 e. The molecule has 1 aliphatic rings. The van der Waals surface area contributed by atoms with Crippen LogP contribution in [0.5, 0.6) is 0 Å². The monoisotopic (exact) mass is 248 g/mol. The summed E-state index contributed by atoms with van der Waals surface area (Å²) in [6.45, 7) is 7.67. The van der Waals surface area contributed by atoms with Crippen molar-refractivity contribution in [2.75, 3.05) is 0 Å². The fraction of sp³-hybridized carbons (Fsp3) is 0.500. The Morgan fingerprint density at radius 3 is 2.28 bits per heavy atom. The Bertz CT molecular complexity index is 509. The van der Waals surface area contributed by atoms with E-state index in [1.54, 1.807) is 6.07 Å². The van der Waals surface area contributed by atoms with Crippen LogP contribution in [0.15, 0.2) is 12.1 Å². The highest BCUT2D eigenvalue weighted by Gasteiger charge is 2.52. The molecular formula is C12H14BFN2O2. The zero-order valence-corrected chi connectivity index (χ0v) is 10.8. The molecule has 2 rings (SSSR count). The number of pyridine rings is 1. The molecule has 6 heteroatoms. The minimum absolute atomic E-state index is 0.248. The Morgan fingerprint density at radius 2 is 1.78 bits per heavy atom. The lowest BCUT2D eigenvalue weighted by molar-refractivity contribution is 0.00578. The number of aromatic nitrogens is 1. The van der Waals surface area contributed by atoms with Crippen LogP contribution in [0.4, 0.5) is 4.39 Å². The quantitative estimate of drug-likeness (QED) is 0.704. The van der Waals surface area contributed by atoms with E-state index in [-0.39, 0.29) is 5.69 Å². The van der Waals surface area contributed by atoms with Crippen LogP contribution in [-0.4, -0.2) is 23.3 Å². The summed E-state index contributed by atoms with van der Waals surface area (Å²) in [5.74, 6) is -0.641. The van der Waals surface area contributed by atoms with Crippen molar-refractivity contribution in [1.82, 2.24) is 4.98 Å². The van der Waals surface area contributed by atoms with Gasteiger partial charge in [-0.2, -0.15) is 5.26 Å². The van der Waals surface area contributed by atoms with Crippen LogP contribution < -0.4 is 5.59 Å². The van der Waals surface area contributed by atoms with Gasteiger partial charge >= 0.3 is 7.12 Å². The molecule has 1 aliphatic heterocycles. The lowest BCUT2D eigenvalue weighted by atomic mass is 9.84. The Balaban J connectivity index is 2.33. The van der Waals surface area contributed by atoms with E-state index in [0.29, 0.717) is 5.59 Å². The third-order valence-electron chi connectivity index (χ3n) is 3.47. The van der Waals surface area contributed by atoms with Crippen molar-refractivity contribution >= 4 is 12.7 Å². The first-order chi connectivity index (χ1) is 8.27. The van der Waals surface area contributed by atoms with Crippen molar-refractivity contribution in [2.24, 2.45) is 0 Å². The second kappa shape index (κ2) is 4.04. The molecule has 0 spiro atoms. The average molecular weight is 248 g/mol. The molecule has 1 aromatic rings. The van der Waals surface area contributed by atoms with Gasteiger partial charge in [0.2, 0.25) is 0 Å². The van der Waals surface area contributed by atoms with Gasteiger partial charge in [-0.1, -0.05) is 0 Å². The number of hydrogen-bond donors (Lipinski definition) is 0. The van der Waals surface area contributed by atoms with Gasteiger partial charge in [0.25, 0.3) is 0 Å². The molecule has 0 atom stereocenters. The molecule has 2 heterocycles. The van der Waals surface area contributed by atoms with E-state index in [1.807, 2.05) is 27.7 Å². The molecule has 0 radical (unpaired) electrons. The first kappa shape index (κ1) is 13.0. The summed E-state index contributed by atoms with van der Waals surface area (Å²) < 4.78 is 24.7. The maximum absolute atomic E-state index is 13.2. The topological polar surface area (TPSA) is 55.1 Å². The summed E-state index contributed by atoms with van der Waals surface area (Å²) in [5.41, 5.74) is -0.810. The fourth-order valence-electron chi connectivity index (χ4n) is 1.63. The SMILES string of the molecule is CC1(C)OB(c2ccc(F)c(C#N)n2)OC1(C)C. The standard InChI is InChI=1S/C12H14BFN2O2/c1-11(2)12(3,4)18-13(17-11)10-6-5-8(14)9(7-15)16-10/h5-6H,1-4H3. The van der Waals surface area contributed by atoms with Crippen LogP contribution in [0.1, 0.15) is 33.4 Å². The molecule has 0 N–H and O–H groups in total. The maximum atomic E-state index is 13.2. The molecule has 4 nitrogen and oxygen atoms in total. The molecule has 0 amide bonds. The average Bonchev–Trinajstić information content (AvgIpc) is 2.49. The highest BCUT2D eigenvalue weighted by molar-refractivity contribution is 6.61. The van der Waals surface area contributed by atoms with E-state index in [2.05, 4.69) is 4.98 Å². The number of halogens is 1. The molecule has 0 aromatic carbocycles. The summed E-state index contributed by atoms with van der Waals surface area (Å²) in [4.78, 5) is 3.92. The van der Waals surface area contributed by atoms with Gasteiger partial charge in [-0.15, -0.1) is 0 Å². The fourth-order valence-corrected chi connectivity index (χ4v) is 1.63. The molecule has 0 bridgehead atoms. The van der Waals surface area contributed by atoms with Gasteiger partial charge in [0.05, 0.1) is 16.8 Å². The number of nitrogens with zero attached hydrogens (tertiary/aromatic N) is 2. The number of rotatable bonds is 1. The van der Waals surface area contributed by atoms with Gasteiger partial charge in [0.15, 0.2) is 11.5 Å². The zero-order chi connectivity index (χ0) is 13.6. The van der Waals surface area contributed by atoms with Crippen LogP contribution in [0, 0.1) is 17.1 Å². The maximum Gasteiger partial charge on any atom is 0.514 e. The van der Waals surface area contributed by atoms with Crippen molar-refractivity contribution in [3.8, 4) is 6.07 Å². The van der Waals surface area contributed by atoms with Crippen molar-refractivity contribution in [3.05, 3.63) is 23.6 Å². The lowest BCUT2D eigenvalue weighted by Crippen LogP contribution is -2.41. The van der Waals surface area contributed by atoms with E-state index in [9.17, 15) is 4.39 Å². The van der Waals surface area contributed by atoms with Crippen LogP contribution in [0.25, 0.3) is 0 Å². The van der Waals surface area contributed by atoms with E-state index >= 15 is 0 Å². The Labute approximate surface area is 106 Å². The normalized spacial score (nSPS) is 20.8. The van der Waals surface area contributed by atoms with Crippen molar-refractivity contribution < 1.29 is 13.7 Å². The number of hydrogen-bond acceptors (Lipinski definition) is 4. The molecule has 0 saturated carbocycles. The van der Waals surface area contributed by atoms with Gasteiger partial charge in [-0.3, -0.25) is 0 Å². The minimum atomic E-state index is -0.678. The van der Waals surface area contributed by atoms with Crippen LogP contribution in [0.3, 0.4) is 0 Å². The molecule has 1 saturated heterocycles. The highest BCUT2D eigenvalue weighted by atomic mass is 19.1. The molecule has 0 aliphatic carbocycles. The molecule has 1 aromatic heterocycles. The van der Waals surface area contributed by atoms with Crippen LogP contribution in [0.2, 0.25) is 0 Å². The second-order valence-corrected chi connectivity index (χ2v) is 5.27. The molecule has 94 valence electrons. The van der Waals surface area contributed by atoms with Gasteiger partial charge in [-0.05, 0) is 39.8 Å². The van der Waals surface area contributed by atoms with Crippen molar-refractivity contribution in [3.63, 3.8) is 0 Å². The van der Waals surface area contributed by atoms with Gasteiger partial charge < -0.3 is 9.31 Å². The summed E-state index contributed by atoms with van der Waals surface area (Å²) >= 11 is 0. The van der Waals surface area contributed by atoms with Gasteiger partial charge in [-0.25, -0.2) is 9.37 Å². The minimum Gasteiger partial charge on any atom is -0.398 e. The third kappa shape index (κ3) is 2.00. The van der Waals surface area contributed by atoms with Crippen LogP contribution in [-0.2, 0) is 9.31 Å². The molecule has 18 heavy (non-hydrogen) atoms. The molecule has 0 unspecified atom stereocenters. The lowest BCUT2D eigenvalue weighted by Gasteiger charge is -2.32. The second-order valence-electron chi connectivity index (χ2n) is 5.27. The van der Waals surface area contributed by atoms with Gasteiger partial charge in [0, 0.05) is 0 Å². The largest absolute Gasteiger partial charge is 0.514 e. The number of nitriles is 1. The van der Waals surface area contributed by atoms with Crippen LogP contribution >= 0.6 is 0 Å². The van der Waals surface area contributed by atoms with E-state index in [1.165, 1.54) is 12.1 Å². The summed E-state index contributed by atoms with van der Waals surface area (Å²) in [5, 5.41) is 8.76. The predicted molar refractivity (Wildman–Crippen MR) is 64.6 cm³/mol. The predicted octanol–water partition coefficient (Wildman–Crippen LogP) is 1.39. The van der Waals surface area contributed by atoms with Crippen molar-refractivity contribution in [1.29, 1.82) is 5.26 Å². The Kier molecular flexibility index (Phi) is 2.92. The third-order valence-corrected chi connectivity index (χ3v) is 3.47. The van der Waals surface area contributed by atoms with E-state index < -0.39 is 24.1 Å². The van der Waals surface area contributed by atoms with E-state index in [0.717, 1.165) is 0 Å². The van der Waals surface area contributed by atoms with E-state index in [4.69, 9.17) is 14.6 Å². The highest BCUT2D eigenvalue weighted by Crippen LogP contribution is 2.36. The summed E-state index contributed by atoms with van der Waals surface area (Å²) in [6.07, 6.45) is 0. The molecular weight excluding hydrogens is 234 g/mol. The molecule has 1 fully saturated rings. The Hall–Kier alpha value is -1.45. The summed E-state index contributed by atoms with van der Waals surface area (Å²) in [6, 6.07) is 4.37. The van der Waals surface area contributed by atoms with Gasteiger partial charge in [0.1, 0.15) is 6.07 Å². The zero-order valence-electron chi connectivity index (χ0n) is 10.8. The van der Waals surface area contributed by atoms with Crippen molar-refractivity contribution in [2.45, 2.75) is 38.9 Å².